The lowest BCUT2D eigenvalue weighted by Gasteiger charge is -2.01. The van der Waals surface area contributed by atoms with E-state index < -0.39 is 0 Å². The molecule has 3 rings (SSSR count). The molecule has 0 atom stereocenters. The van der Waals surface area contributed by atoms with Gasteiger partial charge in [-0.25, -0.2) is 4.98 Å². The third-order valence-electron chi connectivity index (χ3n) is 2.65. The summed E-state index contributed by atoms with van der Waals surface area (Å²) < 4.78 is 0. The first-order valence-corrected chi connectivity index (χ1v) is 5.54. The maximum absolute atomic E-state index is 6.07. The molecule has 14 heavy (non-hydrogen) atoms. The number of rotatable bonds is 2. The molecule has 1 fully saturated rings. The quantitative estimate of drug-likeness (QED) is 0.788. The van der Waals surface area contributed by atoms with Crippen molar-refractivity contribution in [1.29, 1.82) is 0 Å². The van der Waals surface area contributed by atoms with E-state index in [2.05, 4.69) is 15.3 Å². The van der Waals surface area contributed by atoms with Gasteiger partial charge >= 0.3 is 0 Å². The average Bonchev–Trinajstić information content (AvgIpc) is 2.73. The molecule has 2 aromatic heterocycles. The zero-order valence-corrected chi connectivity index (χ0v) is 8.47. The van der Waals surface area contributed by atoms with E-state index in [0.29, 0.717) is 0 Å². The third kappa shape index (κ3) is 1.19. The Hall–Kier alpha value is -1.13. The normalized spacial score (nSPS) is 18.4. The van der Waals surface area contributed by atoms with Gasteiger partial charge in [-0.2, -0.15) is 0 Å². The topological polar surface area (TPSA) is 54.7 Å². The van der Waals surface area contributed by atoms with E-state index >= 15 is 0 Å². The minimum atomic E-state index is -0.106. The van der Waals surface area contributed by atoms with Crippen LogP contribution in [0.4, 0.5) is 0 Å². The Bertz CT molecular complexity index is 440. The van der Waals surface area contributed by atoms with E-state index in [0.717, 1.165) is 29.1 Å². The molecule has 0 amide bonds. The van der Waals surface area contributed by atoms with Crippen molar-refractivity contribution >= 4 is 11.3 Å². The summed E-state index contributed by atoms with van der Waals surface area (Å²) in [6.07, 6.45) is 6.01. The molecular formula is C10H11N3S. The first-order chi connectivity index (χ1) is 6.78. The molecule has 0 unspecified atom stereocenters. The number of nitrogens with zero attached hydrogens (tertiary/aromatic N) is 1. The molecule has 4 heteroatoms. The van der Waals surface area contributed by atoms with Crippen LogP contribution in [0.1, 0.15) is 18.5 Å². The zero-order valence-electron chi connectivity index (χ0n) is 7.66. The van der Waals surface area contributed by atoms with Crippen molar-refractivity contribution in [2.24, 2.45) is 5.73 Å². The van der Waals surface area contributed by atoms with Crippen LogP contribution in [0.3, 0.4) is 0 Å². The molecule has 1 aliphatic rings. The number of hydrogen-bond acceptors (Lipinski definition) is 3. The van der Waals surface area contributed by atoms with E-state index in [1.807, 2.05) is 18.5 Å². The van der Waals surface area contributed by atoms with E-state index in [1.165, 1.54) is 0 Å². The van der Waals surface area contributed by atoms with Crippen molar-refractivity contribution in [2.75, 3.05) is 0 Å². The Kier molecular flexibility index (Phi) is 1.57. The van der Waals surface area contributed by atoms with Gasteiger partial charge in [-0.15, -0.1) is 11.3 Å². The van der Waals surface area contributed by atoms with Crippen molar-refractivity contribution in [3.8, 4) is 10.6 Å². The molecule has 0 saturated heterocycles. The predicted octanol–water partition coefficient (Wildman–Crippen LogP) is 2.09. The number of nitrogens with one attached hydrogen (secondary N) is 1. The predicted molar refractivity (Wildman–Crippen MR) is 57.0 cm³/mol. The van der Waals surface area contributed by atoms with E-state index in [4.69, 9.17) is 5.73 Å². The number of hydrogen-bond donors (Lipinski definition) is 2. The Morgan fingerprint density at radius 2 is 2.36 bits per heavy atom. The van der Waals surface area contributed by atoms with Crippen molar-refractivity contribution in [1.82, 2.24) is 9.97 Å². The Morgan fingerprint density at radius 3 is 3.00 bits per heavy atom. The van der Waals surface area contributed by atoms with Gasteiger partial charge in [0.05, 0.1) is 11.2 Å². The Balaban J connectivity index is 1.98. The highest BCUT2D eigenvalue weighted by Crippen LogP contribution is 2.43. The monoisotopic (exact) mass is 205 g/mol. The molecule has 2 aromatic rings. The van der Waals surface area contributed by atoms with Gasteiger partial charge in [0.25, 0.3) is 0 Å². The smallest absolute Gasteiger partial charge is 0.125 e. The highest BCUT2D eigenvalue weighted by Gasteiger charge is 2.42. The Morgan fingerprint density at radius 1 is 1.50 bits per heavy atom. The summed E-state index contributed by atoms with van der Waals surface area (Å²) in [6, 6.07) is 2.03. The number of nitrogens with two attached hydrogens (primary N) is 1. The average molecular weight is 205 g/mol. The SMILES string of the molecule is NC1(c2csc(-c3cc[nH]c3)n2)CC1. The highest BCUT2D eigenvalue weighted by molar-refractivity contribution is 7.13. The summed E-state index contributed by atoms with van der Waals surface area (Å²) in [5, 5.41) is 3.13. The van der Waals surface area contributed by atoms with Crippen LogP contribution >= 0.6 is 11.3 Å². The second kappa shape index (κ2) is 2.68. The van der Waals surface area contributed by atoms with Gasteiger partial charge in [-0.3, -0.25) is 0 Å². The molecule has 0 radical (unpaired) electrons. The van der Waals surface area contributed by atoms with E-state index in [1.54, 1.807) is 11.3 Å². The van der Waals surface area contributed by atoms with E-state index in [9.17, 15) is 0 Å². The second-order valence-electron chi connectivity index (χ2n) is 3.79. The summed E-state index contributed by atoms with van der Waals surface area (Å²) in [7, 11) is 0. The molecule has 0 aliphatic heterocycles. The first-order valence-electron chi connectivity index (χ1n) is 4.66. The molecular weight excluding hydrogens is 194 g/mol. The van der Waals surface area contributed by atoms with Crippen LogP contribution in [-0.2, 0) is 5.54 Å². The van der Waals surface area contributed by atoms with Gasteiger partial charge in [0.1, 0.15) is 5.01 Å². The molecule has 2 heterocycles. The number of H-pyrrole nitrogens is 1. The first kappa shape index (κ1) is 8.20. The minimum Gasteiger partial charge on any atom is -0.367 e. The molecule has 1 aliphatic carbocycles. The van der Waals surface area contributed by atoms with Gasteiger partial charge in [0, 0.05) is 23.3 Å². The van der Waals surface area contributed by atoms with Crippen LogP contribution in [0.25, 0.3) is 10.6 Å². The zero-order chi connectivity index (χ0) is 9.60. The van der Waals surface area contributed by atoms with Gasteiger partial charge in [-0.1, -0.05) is 0 Å². The molecule has 0 spiro atoms. The summed E-state index contributed by atoms with van der Waals surface area (Å²) in [4.78, 5) is 7.59. The lowest BCUT2D eigenvalue weighted by atomic mass is 10.2. The molecule has 72 valence electrons. The number of thiazole rings is 1. The van der Waals surface area contributed by atoms with Crippen LogP contribution in [0.5, 0.6) is 0 Å². The summed E-state index contributed by atoms with van der Waals surface area (Å²) in [6.45, 7) is 0. The number of aromatic amines is 1. The van der Waals surface area contributed by atoms with Crippen LogP contribution < -0.4 is 5.73 Å². The lowest BCUT2D eigenvalue weighted by molar-refractivity contribution is 0.715. The van der Waals surface area contributed by atoms with Gasteiger partial charge in [-0.05, 0) is 18.9 Å². The molecule has 0 bridgehead atoms. The fourth-order valence-electron chi connectivity index (χ4n) is 1.48. The fourth-order valence-corrected chi connectivity index (χ4v) is 2.41. The van der Waals surface area contributed by atoms with Gasteiger partial charge < -0.3 is 10.7 Å². The largest absolute Gasteiger partial charge is 0.367 e. The second-order valence-corrected chi connectivity index (χ2v) is 4.65. The molecule has 3 N–H and O–H groups in total. The van der Waals surface area contributed by atoms with Gasteiger partial charge in [0.2, 0.25) is 0 Å². The molecule has 3 nitrogen and oxygen atoms in total. The van der Waals surface area contributed by atoms with Crippen molar-refractivity contribution in [3.63, 3.8) is 0 Å². The Labute approximate surface area is 86.0 Å². The fraction of sp³-hybridized carbons (Fsp3) is 0.300. The van der Waals surface area contributed by atoms with Crippen LogP contribution in [0.2, 0.25) is 0 Å². The number of aromatic nitrogens is 2. The van der Waals surface area contributed by atoms with Crippen molar-refractivity contribution < 1.29 is 0 Å². The summed E-state index contributed by atoms with van der Waals surface area (Å²) in [5.74, 6) is 0. The van der Waals surface area contributed by atoms with Crippen molar-refractivity contribution in [3.05, 3.63) is 29.5 Å². The van der Waals surface area contributed by atoms with Crippen LogP contribution in [-0.4, -0.2) is 9.97 Å². The maximum Gasteiger partial charge on any atom is 0.125 e. The molecule has 0 aromatic carbocycles. The van der Waals surface area contributed by atoms with Crippen LogP contribution in [0.15, 0.2) is 23.8 Å². The minimum absolute atomic E-state index is 0.106. The van der Waals surface area contributed by atoms with Crippen molar-refractivity contribution in [2.45, 2.75) is 18.4 Å². The lowest BCUT2D eigenvalue weighted by Crippen LogP contribution is -2.18. The van der Waals surface area contributed by atoms with Gasteiger partial charge in [0.15, 0.2) is 0 Å². The summed E-state index contributed by atoms with van der Waals surface area (Å²) in [5.41, 5.74) is 8.16. The standard InChI is InChI=1S/C10H11N3S/c11-10(2-3-10)8-6-14-9(13-8)7-1-4-12-5-7/h1,4-6,12H,2-3,11H2. The third-order valence-corrected chi connectivity index (χ3v) is 3.54. The van der Waals surface area contributed by atoms with E-state index in [-0.39, 0.29) is 5.54 Å². The van der Waals surface area contributed by atoms with Crippen LogP contribution in [0, 0.1) is 0 Å². The summed E-state index contributed by atoms with van der Waals surface area (Å²) >= 11 is 1.66. The highest BCUT2D eigenvalue weighted by atomic mass is 32.1. The maximum atomic E-state index is 6.07. The molecule has 1 saturated carbocycles.